The van der Waals surface area contributed by atoms with Gasteiger partial charge >= 0.3 is 0 Å². The van der Waals surface area contributed by atoms with Gasteiger partial charge in [-0.25, -0.2) is 0 Å². The lowest BCUT2D eigenvalue weighted by molar-refractivity contribution is 0.670. The van der Waals surface area contributed by atoms with Crippen molar-refractivity contribution in [3.05, 3.63) is 223 Å². The Morgan fingerprint density at radius 3 is 1.93 bits per heavy atom. The molecule has 0 fully saturated rings. The van der Waals surface area contributed by atoms with Crippen molar-refractivity contribution < 1.29 is 8.83 Å². The first kappa shape index (κ1) is 33.5. The summed E-state index contributed by atoms with van der Waals surface area (Å²) in [7, 11) is 0. The zero-order valence-electron chi connectivity index (χ0n) is 32.1. The van der Waals surface area contributed by atoms with Crippen LogP contribution < -0.4 is 4.90 Å². The van der Waals surface area contributed by atoms with Gasteiger partial charge in [0.2, 0.25) is 0 Å². The van der Waals surface area contributed by atoms with Crippen LogP contribution in [0.15, 0.2) is 221 Å². The van der Waals surface area contributed by atoms with Crippen LogP contribution in [0.25, 0.3) is 82.1 Å². The van der Waals surface area contributed by atoms with E-state index in [9.17, 15) is 0 Å². The molecule has 12 rings (SSSR count). The van der Waals surface area contributed by atoms with E-state index in [0.717, 1.165) is 77.2 Å². The molecule has 11 aromatic rings. The van der Waals surface area contributed by atoms with Crippen molar-refractivity contribution in [1.29, 1.82) is 0 Å². The summed E-state index contributed by atoms with van der Waals surface area (Å²) >= 11 is 0. The molecule has 59 heavy (non-hydrogen) atoms. The molecule has 0 saturated heterocycles. The summed E-state index contributed by atoms with van der Waals surface area (Å²) in [5.74, 6) is 0.0492. The predicted molar refractivity (Wildman–Crippen MR) is 247 cm³/mol. The highest BCUT2D eigenvalue weighted by Crippen LogP contribution is 2.47. The average molecular weight is 756 g/mol. The third-order valence-electron chi connectivity index (χ3n) is 12.3. The molecule has 2 heterocycles. The lowest BCUT2D eigenvalue weighted by Gasteiger charge is -2.39. The lowest BCUT2D eigenvalue weighted by atomic mass is 9.82. The van der Waals surface area contributed by atoms with Crippen LogP contribution in [-0.2, 0) is 0 Å². The first-order valence-electron chi connectivity index (χ1n) is 20.3. The van der Waals surface area contributed by atoms with Crippen molar-refractivity contribution in [1.82, 2.24) is 0 Å². The van der Waals surface area contributed by atoms with E-state index >= 15 is 0 Å². The van der Waals surface area contributed by atoms with Crippen LogP contribution in [-0.4, -0.2) is 6.04 Å². The van der Waals surface area contributed by atoms with Gasteiger partial charge in [-0.3, -0.25) is 0 Å². The quantitative estimate of drug-likeness (QED) is 0.169. The van der Waals surface area contributed by atoms with E-state index in [-0.39, 0.29) is 12.0 Å². The number of fused-ring (bicyclic) bond motifs is 9. The van der Waals surface area contributed by atoms with Gasteiger partial charge in [-0.2, -0.15) is 0 Å². The van der Waals surface area contributed by atoms with Gasteiger partial charge in [0.05, 0.1) is 17.1 Å². The zero-order chi connectivity index (χ0) is 38.9. The van der Waals surface area contributed by atoms with Crippen molar-refractivity contribution in [2.75, 3.05) is 4.90 Å². The molecule has 0 amide bonds. The molecule has 278 valence electrons. The predicted octanol–water partition coefficient (Wildman–Crippen LogP) is 15.4. The number of hydrogen-bond acceptors (Lipinski definition) is 3. The van der Waals surface area contributed by atoms with Gasteiger partial charge in [-0.05, 0) is 74.8 Å². The fourth-order valence-electron chi connectivity index (χ4n) is 9.52. The monoisotopic (exact) mass is 755 g/mol. The van der Waals surface area contributed by atoms with Crippen LogP contribution in [0, 0.1) is 0 Å². The molecule has 2 unspecified atom stereocenters. The van der Waals surface area contributed by atoms with E-state index in [1.165, 1.54) is 27.5 Å². The number of allylic oxidation sites excluding steroid dienone is 2. The Labute approximate surface area is 341 Å². The molecular weight excluding hydrogens is 719 g/mol. The van der Waals surface area contributed by atoms with Crippen molar-refractivity contribution in [2.24, 2.45) is 0 Å². The van der Waals surface area contributed by atoms with Crippen LogP contribution >= 0.6 is 0 Å². The van der Waals surface area contributed by atoms with Gasteiger partial charge in [-0.15, -0.1) is 0 Å². The molecule has 0 N–H and O–H groups in total. The van der Waals surface area contributed by atoms with Crippen molar-refractivity contribution >= 4 is 82.4 Å². The van der Waals surface area contributed by atoms with Crippen LogP contribution in [0.4, 0.5) is 11.4 Å². The summed E-state index contributed by atoms with van der Waals surface area (Å²) in [6, 6.07) is 69.4. The van der Waals surface area contributed by atoms with E-state index in [2.05, 4.69) is 205 Å². The van der Waals surface area contributed by atoms with E-state index in [1.54, 1.807) is 0 Å². The van der Waals surface area contributed by atoms with Crippen LogP contribution in [0.5, 0.6) is 0 Å². The zero-order valence-corrected chi connectivity index (χ0v) is 32.1. The molecule has 0 radical (unpaired) electrons. The van der Waals surface area contributed by atoms with Crippen LogP contribution in [0.3, 0.4) is 0 Å². The highest BCUT2D eigenvalue weighted by atomic mass is 16.3. The molecule has 0 aliphatic heterocycles. The van der Waals surface area contributed by atoms with E-state index < -0.39 is 0 Å². The van der Waals surface area contributed by atoms with E-state index in [1.807, 2.05) is 12.1 Å². The first-order valence-corrected chi connectivity index (χ1v) is 20.3. The summed E-state index contributed by atoms with van der Waals surface area (Å²) in [6.45, 7) is 0. The summed E-state index contributed by atoms with van der Waals surface area (Å²) in [6.07, 6.45) is 7.21. The molecular formula is C56H37NO2. The van der Waals surface area contributed by atoms with Gasteiger partial charge in [0.25, 0.3) is 0 Å². The minimum Gasteiger partial charge on any atom is -0.455 e. The van der Waals surface area contributed by atoms with Gasteiger partial charge in [0.15, 0.2) is 0 Å². The molecule has 0 saturated carbocycles. The van der Waals surface area contributed by atoms with E-state index in [4.69, 9.17) is 8.83 Å². The number of furan rings is 2. The molecule has 2 aromatic heterocycles. The molecule has 3 nitrogen and oxygen atoms in total. The summed E-state index contributed by atoms with van der Waals surface area (Å²) in [5.41, 5.74) is 11.6. The van der Waals surface area contributed by atoms with Crippen LogP contribution in [0.2, 0.25) is 0 Å². The number of anilines is 2. The maximum atomic E-state index is 6.81. The molecule has 9 aromatic carbocycles. The Morgan fingerprint density at radius 1 is 0.424 bits per heavy atom. The molecule has 2 atom stereocenters. The highest BCUT2D eigenvalue weighted by Gasteiger charge is 2.32. The second-order valence-electron chi connectivity index (χ2n) is 15.5. The minimum atomic E-state index is -0.1000. The number of rotatable bonds is 6. The topological polar surface area (TPSA) is 29.5 Å². The Balaban J connectivity index is 1.10. The van der Waals surface area contributed by atoms with Gasteiger partial charge in [-0.1, -0.05) is 176 Å². The molecule has 0 spiro atoms. The summed E-state index contributed by atoms with van der Waals surface area (Å²) < 4.78 is 13.3. The summed E-state index contributed by atoms with van der Waals surface area (Å²) in [5, 5.41) is 9.22. The third-order valence-corrected chi connectivity index (χ3v) is 12.3. The molecule has 3 heteroatoms. The SMILES string of the molecule is C1=CC(c2ccccc2)C(N(c2ccc(-c3cccc4c3oc3ccccc34)cc2)c2cccc3oc4c5ccccc5ccc4c23)C=C1c1cccc2ccccc12. The highest BCUT2D eigenvalue weighted by molar-refractivity contribution is 6.19. The van der Waals surface area contributed by atoms with Gasteiger partial charge < -0.3 is 13.7 Å². The van der Waals surface area contributed by atoms with E-state index in [0.29, 0.717) is 0 Å². The Morgan fingerprint density at radius 2 is 1.07 bits per heavy atom. The lowest BCUT2D eigenvalue weighted by Crippen LogP contribution is -2.36. The molecule has 1 aliphatic rings. The number of para-hydroxylation sites is 2. The Bertz CT molecular complexity index is 3450. The number of nitrogens with zero attached hydrogens (tertiary/aromatic N) is 1. The first-order chi connectivity index (χ1) is 29.3. The minimum absolute atomic E-state index is 0.0492. The number of benzene rings is 9. The Kier molecular flexibility index (Phi) is 7.67. The van der Waals surface area contributed by atoms with Gasteiger partial charge in [0, 0.05) is 38.7 Å². The second-order valence-corrected chi connectivity index (χ2v) is 15.5. The van der Waals surface area contributed by atoms with Crippen molar-refractivity contribution in [2.45, 2.75) is 12.0 Å². The summed E-state index contributed by atoms with van der Waals surface area (Å²) in [4.78, 5) is 2.55. The average Bonchev–Trinajstić information content (AvgIpc) is 3.89. The fourth-order valence-corrected chi connectivity index (χ4v) is 9.52. The molecule has 1 aliphatic carbocycles. The van der Waals surface area contributed by atoms with Crippen molar-refractivity contribution in [3.8, 4) is 11.1 Å². The maximum Gasteiger partial charge on any atom is 0.143 e. The standard InChI is InChI=1S/C56H37NO2/c1-2-13-37(14-3-1)44-33-30-40(43-21-10-17-36-15-4-6-18-42(36)43)35-51(44)57(50-24-12-26-53-54(50)49-34-29-38-16-5-7-19-45(38)56(49)59-53)41-31-27-39(28-32-41)46-22-11-23-48-47-20-8-9-25-52(47)58-55(46)48/h1-35,44,51H. The number of hydrogen-bond donors (Lipinski definition) is 0. The normalized spacial score (nSPS) is 15.5. The van der Waals surface area contributed by atoms with Gasteiger partial charge in [0.1, 0.15) is 22.3 Å². The maximum absolute atomic E-state index is 6.81. The smallest absolute Gasteiger partial charge is 0.143 e. The van der Waals surface area contributed by atoms with Crippen molar-refractivity contribution in [3.63, 3.8) is 0 Å². The third kappa shape index (κ3) is 5.43. The van der Waals surface area contributed by atoms with Crippen LogP contribution in [0.1, 0.15) is 17.0 Å². The molecule has 0 bridgehead atoms. The fraction of sp³-hybridized carbons (Fsp3) is 0.0357. The largest absolute Gasteiger partial charge is 0.455 e. The Hall–Kier alpha value is -7.62. The second kappa shape index (κ2) is 13.5.